The third-order valence-corrected chi connectivity index (χ3v) is 5.15. The molecule has 1 fully saturated rings. The lowest BCUT2D eigenvalue weighted by molar-refractivity contribution is -0.385. The molecular weight excluding hydrogens is 312 g/mol. The Bertz CT molecular complexity index is 781. The SMILES string of the molecule is Cc1cnc([C@H]2CCCN(c3ccc([N+](=O)[O-])c(C#N)c3)C2)s1. The Morgan fingerprint density at radius 2 is 2.35 bits per heavy atom. The van der Waals surface area contributed by atoms with E-state index >= 15 is 0 Å². The van der Waals surface area contributed by atoms with E-state index in [0.717, 1.165) is 36.6 Å². The second-order valence-electron chi connectivity index (χ2n) is 5.66. The number of benzene rings is 1. The van der Waals surface area contributed by atoms with Crippen molar-refractivity contribution in [3.63, 3.8) is 0 Å². The number of nitriles is 1. The lowest BCUT2D eigenvalue weighted by atomic mass is 9.98. The summed E-state index contributed by atoms with van der Waals surface area (Å²) in [5.41, 5.74) is 0.838. The number of nitrogens with zero attached hydrogens (tertiary/aromatic N) is 4. The molecule has 1 saturated heterocycles. The minimum Gasteiger partial charge on any atom is -0.371 e. The highest BCUT2D eigenvalue weighted by molar-refractivity contribution is 7.11. The zero-order valence-electron chi connectivity index (χ0n) is 12.7. The van der Waals surface area contributed by atoms with Crippen LogP contribution in [0.2, 0.25) is 0 Å². The summed E-state index contributed by atoms with van der Waals surface area (Å²) in [6.07, 6.45) is 4.04. The van der Waals surface area contributed by atoms with Gasteiger partial charge in [0.05, 0.1) is 9.93 Å². The number of anilines is 1. The molecule has 0 bridgehead atoms. The molecule has 1 aliphatic heterocycles. The van der Waals surface area contributed by atoms with Crippen molar-refractivity contribution in [2.45, 2.75) is 25.7 Å². The summed E-state index contributed by atoms with van der Waals surface area (Å²) < 4.78 is 0. The molecule has 3 rings (SSSR count). The van der Waals surface area contributed by atoms with Crippen molar-refractivity contribution >= 4 is 22.7 Å². The Labute approximate surface area is 138 Å². The number of hydrogen-bond donors (Lipinski definition) is 0. The largest absolute Gasteiger partial charge is 0.371 e. The molecule has 6 nitrogen and oxygen atoms in total. The van der Waals surface area contributed by atoms with E-state index < -0.39 is 4.92 Å². The maximum Gasteiger partial charge on any atom is 0.287 e. The van der Waals surface area contributed by atoms with Crippen LogP contribution < -0.4 is 4.90 Å². The number of piperidine rings is 1. The van der Waals surface area contributed by atoms with E-state index in [9.17, 15) is 10.1 Å². The molecule has 1 aromatic heterocycles. The molecule has 1 aliphatic rings. The average Bonchev–Trinajstić information content (AvgIpc) is 3.01. The van der Waals surface area contributed by atoms with E-state index in [-0.39, 0.29) is 11.3 Å². The third kappa shape index (κ3) is 3.17. The van der Waals surface area contributed by atoms with Gasteiger partial charge in [-0.25, -0.2) is 4.98 Å². The van der Waals surface area contributed by atoms with Crippen LogP contribution in [-0.4, -0.2) is 23.0 Å². The molecule has 7 heteroatoms. The average molecular weight is 328 g/mol. The molecule has 23 heavy (non-hydrogen) atoms. The molecule has 2 heterocycles. The summed E-state index contributed by atoms with van der Waals surface area (Å²) >= 11 is 1.73. The van der Waals surface area contributed by atoms with E-state index in [1.165, 1.54) is 10.9 Å². The van der Waals surface area contributed by atoms with Gasteiger partial charge in [0.2, 0.25) is 0 Å². The molecule has 0 spiro atoms. The van der Waals surface area contributed by atoms with Gasteiger partial charge in [-0.05, 0) is 31.9 Å². The van der Waals surface area contributed by atoms with E-state index in [1.807, 2.05) is 12.3 Å². The predicted molar refractivity (Wildman–Crippen MR) is 88.9 cm³/mol. The molecule has 1 aromatic carbocycles. The third-order valence-electron chi connectivity index (χ3n) is 4.07. The molecule has 118 valence electrons. The molecule has 0 unspecified atom stereocenters. The minimum absolute atomic E-state index is 0.111. The number of aryl methyl sites for hydroxylation is 1. The first-order valence-corrected chi connectivity index (χ1v) is 8.26. The second-order valence-corrected chi connectivity index (χ2v) is 6.93. The minimum atomic E-state index is -0.514. The predicted octanol–water partition coefficient (Wildman–Crippen LogP) is 3.62. The first kappa shape index (κ1) is 15.4. The Hall–Kier alpha value is -2.46. The highest BCUT2D eigenvalue weighted by Crippen LogP contribution is 2.33. The quantitative estimate of drug-likeness (QED) is 0.635. The number of rotatable bonds is 3. The van der Waals surface area contributed by atoms with E-state index in [4.69, 9.17) is 5.26 Å². The summed E-state index contributed by atoms with van der Waals surface area (Å²) in [5, 5.41) is 21.2. The van der Waals surface area contributed by atoms with Gasteiger partial charge >= 0.3 is 0 Å². The molecule has 0 radical (unpaired) electrons. The van der Waals surface area contributed by atoms with Gasteiger partial charge in [-0.15, -0.1) is 11.3 Å². The summed E-state index contributed by atoms with van der Waals surface area (Å²) in [5.74, 6) is 0.378. The van der Waals surface area contributed by atoms with Crippen LogP contribution in [0.3, 0.4) is 0 Å². The number of nitro groups is 1. The highest BCUT2D eigenvalue weighted by atomic mass is 32.1. The van der Waals surface area contributed by atoms with Crippen LogP contribution in [0.5, 0.6) is 0 Å². The fourth-order valence-corrected chi connectivity index (χ4v) is 3.84. The zero-order valence-corrected chi connectivity index (χ0v) is 13.5. The molecule has 1 atom stereocenters. The lowest BCUT2D eigenvalue weighted by Gasteiger charge is -2.33. The van der Waals surface area contributed by atoms with Crippen molar-refractivity contribution in [2.24, 2.45) is 0 Å². The summed E-state index contributed by atoms with van der Waals surface area (Å²) in [6.45, 7) is 3.77. The van der Waals surface area contributed by atoms with Crippen molar-refractivity contribution in [2.75, 3.05) is 18.0 Å². The summed E-state index contributed by atoms with van der Waals surface area (Å²) in [4.78, 5) is 18.3. The maximum atomic E-state index is 10.9. The Balaban J connectivity index is 1.84. The van der Waals surface area contributed by atoms with Gasteiger partial charge in [-0.1, -0.05) is 0 Å². The van der Waals surface area contributed by atoms with E-state index in [1.54, 1.807) is 23.5 Å². The molecule has 0 N–H and O–H groups in total. The van der Waals surface area contributed by atoms with Crippen molar-refractivity contribution in [1.29, 1.82) is 5.26 Å². The summed E-state index contributed by atoms with van der Waals surface area (Å²) in [7, 11) is 0. The number of aromatic nitrogens is 1. The molecule has 0 amide bonds. The van der Waals surface area contributed by atoms with Crippen molar-refractivity contribution < 1.29 is 4.92 Å². The maximum absolute atomic E-state index is 10.9. The Morgan fingerprint density at radius 3 is 3.00 bits per heavy atom. The fraction of sp³-hybridized carbons (Fsp3) is 0.375. The van der Waals surface area contributed by atoms with Gasteiger partial charge in [0.25, 0.3) is 5.69 Å². The first-order chi connectivity index (χ1) is 11.1. The van der Waals surface area contributed by atoms with Crippen molar-refractivity contribution in [1.82, 2.24) is 4.98 Å². The van der Waals surface area contributed by atoms with Crippen molar-refractivity contribution in [3.8, 4) is 6.07 Å². The first-order valence-electron chi connectivity index (χ1n) is 7.44. The Kier molecular flexibility index (Phi) is 4.26. The van der Waals surface area contributed by atoms with Crippen LogP contribution in [0.4, 0.5) is 11.4 Å². The smallest absolute Gasteiger partial charge is 0.287 e. The molecule has 0 aliphatic carbocycles. The van der Waals surface area contributed by atoms with Gasteiger partial charge in [0, 0.05) is 41.8 Å². The number of thiazole rings is 1. The fourth-order valence-electron chi connectivity index (χ4n) is 2.94. The standard InChI is InChI=1S/C16H16N4O2S/c1-11-9-18-16(23-11)12-3-2-6-19(10-12)14-4-5-15(20(21)22)13(7-14)8-17/h4-5,7,9,12H,2-3,6,10H2,1H3/t12-/m0/s1. The van der Waals surface area contributed by atoms with Gasteiger partial charge in [0.15, 0.2) is 0 Å². The van der Waals surface area contributed by atoms with Gasteiger partial charge in [0.1, 0.15) is 11.6 Å². The van der Waals surface area contributed by atoms with E-state index in [2.05, 4.69) is 16.8 Å². The Morgan fingerprint density at radius 1 is 1.52 bits per heavy atom. The molecular formula is C16H16N4O2S. The molecule has 0 saturated carbocycles. The van der Waals surface area contributed by atoms with Crippen molar-refractivity contribution in [3.05, 3.63) is 50.0 Å². The van der Waals surface area contributed by atoms with Gasteiger partial charge < -0.3 is 4.90 Å². The van der Waals surface area contributed by atoms with Crippen LogP contribution in [0.1, 0.15) is 34.2 Å². The van der Waals surface area contributed by atoms with Gasteiger partial charge in [-0.2, -0.15) is 5.26 Å². The van der Waals surface area contributed by atoms with Gasteiger partial charge in [-0.3, -0.25) is 10.1 Å². The highest BCUT2D eigenvalue weighted by Gasteiger charge is 2.25. The number of hydrogen-bond acceptors (Lipinski definition) is 6. The lowest BCUT2D eigenvalue weighted by Crippen LogP contribution is -2.34. The van der Waals surface area contributed by atoms with Crippen LogP contribution >= 0.6 is 11.3 Å². The zero-order chi connectivity index (χ0) is 16.4. The summed E-state index contributed by atoms with van der Waals surface area (Å²) in [6, 6.07) is 6.69. The van der Waals surface area contributed by atoms with Crippen LogP contribution in [0.25, 0.3) is 0 Å². The van der Waals surface area contributed by atoms with Crippen LogP contribution in [0.15, 0.2) is 24.4 Å². The normalized spacial score (nSPS) is 17.7. The second kappa shape index (κ2) is 6.34. The number of nitro benzene ring substituents is 1. The van der Waals surface area contributed by atoms with Crippen LogP contribution in [-0.2, 0) is 0 Å². The monoisotopic (exact) mass is 328 g/mol. The van der Waals surface area contributed by atoms with E-state index in [0.29, 0.717) is 5.92 Å². The topological polar surface area (TPSA) is 83.1 Å². The molecule has 2 aromatic rings. The van der Waals surface area contributed by atoms with Crippen LogP contribution in [0, 0.1) is 28.4 Å².